The summed E-state index contributed by atoms with van der Waals surface area (Å²) in [6.45, 7) is 6.48. The number of rotatable bonds is 2. The Kier molecular flexibility index (Phi) is 3.52. The van der Waals surface area contributed by atoms with Crippen LogP contribution in [0.1, 0.15) is 40.0 Å². The third kappa shape index (κ3) is 2.58. The molecule has 0 aromatic carbocycles. The molecule has 0 aromatic heterocycles. The molecule has 0 radical (unpaired) electrons. The Morgan fingerprint density at radius 2 is 2.23 bits per heavy atom. The first-order valence-corrected chi connectivity index (χ1v) is 5.11. The Bertz CT molecular complexity index is 226. The fraction of sp³-hybridized carbons (Fsp3) is 0.727. The van der Waals surface area contributed by atoms with Gasteiger partial charge in [-0.3, -0.25) is 4.99 Å². The van der Waals surface area contributed by atoms with Crippen LogP contribution in [0.4, 0.5) is 0 Å². The van der Waals surface area contributed by atoms with Gasteiger partial charge >= 0.3 is 0 Å². The van der Waals surface area contributed by atoms with E-state index in [1.165, 1.54) is 6.42 Å². The molecule has 1 aliphatic rings. The molecule has 0 saturated carbocycles. The molecule has 74 valence electrons. The molecule has 1 atom stereocenters. The first-order chi connectivity index (χ1) is 6.15. The van der Waals surface area contributed by atoms with Gasteiger partial charge in [0.25, 0.3) is 0 Å². The minimum Gasteiger partial charge on any atom is -0.401 e. The summed E-state index contributed by atoms with van der Waals surface area (Å²) >= 11 is 0. The quantitative estimate of drug-likeness (QED) is 0.652. The second-order valence-corrected chi connectivity index (χ2v) is 4.11. The second kappa shape index (κ2) is 4.45. The lowest BCUT2D eigenvalue weighted by Gasteiger charge is -2.26. The van der Waals surface area contributed by atoms with Gasteiger partial charge in [0.2, 0.25) is 0 Å². The smallest absolute Gasteiger partial charge is 0.0586 e. The topological polar surface area (TPSA) is 38.4 Å². The van der Waals surface area contributed by atoms with Gasteiger partial charge in [-0.2, -0.15) is 0 Å². The average Bonchev–Trinajstić information content (AvgIpc) is 2.08. The SMILES string of the molecule is CC=NC1=C(N)CC(C(C)C)CC1. The van der Waals surface area contributed by atoms with Crippen LogP contribution in [0.2, 0.25) is 0 Å². The summed E-state index contributed by atoms with van der Waals surface area (Å²) in [6.07, 6.45) is 5.16. The Labute approximate surface area is 80.9 Å². The molecule has 0 aromatic rings. The van der Waals surface area contributed by atoms with Crippen molar-refractivity contribution in [2.45, 2.75) is 40.0 Å². The molecule has 0 fully saturated rings. The fourth-order valence-corrected chi connectivity index (χ4v) is 1.86. The highest BCUT2D eigenvalue weighted by molar-refractivity contribution is 5.55. The summed E-state index contributed by atoms with van der Waals surface area (Å²) in [5.74, 6) is 1.50. The largest absolute Gasteiger partial charge is 0.401 e. The molecule has 0 heterocycles. The van der Waals surface area contributed by atoms with E-state index in [-0.39, 0.29) is 0 Å². The Morgan fingerprint density at radius 3 is 2.69 bits per heavy atom. The zero-order chi connectivity index (χ0) is 9.84. The highest BCUT2D eigenvalue weighted by Crippen LogP contribution is 2.31. The van der Waals surface area contributed by atoms with E-state index in [1.54, 1.807) is 0 Å². The van der Waals surface area contributed by atoms with Gasteiger partial charge in [-0.15, -0.1) is 0 Å². The number of hydrogen-bond acceptors (Lipinski definition) is 2. The van der Waals surface area contributed by atoms with Crippen molar-refractivity contribution < 1.29 is 0 Å². The van der Waals surface area contributed by atoms with Crippen LogP contribution >= 0.6 is 0 Å². The number of hydrogen-bond donors (Lipinski definition) is 1. The van der Waals surface area contributed by atoms with Crippen molar-refractivity contribution in [3.05, 3.63) is 11.4 Å². The van der Waals surface area contributed by atoms with Gasteiger partial charge in [-0.25, -0.2) is 0 Å². The van der Waals surface area contributed by atoms with E-state index in [0.717, 1.165) is 36.1 Å². The van der Waals surface area contributed by atoms with Gasteiger partial charge in [0.05, 0.1) is 5.70 Å². The van der Waals surface area contributed by atoms with Gasteiger partial charge in [0.1, 0.15) is 0 Å². The van der Waals surface area contributed by atoms with E-state index < -0.39 is 0 Å². The van der Waals surface area contributed by atoms with E-state index >= 15 is 0 Å². The summed E-state index contributed by atoms with van der Waals surface area (Å²) in [4.78, 5) is 4.29. The van der Waals surface area contributed by atoms with Crippen molar-refractivity contribution in [2.24, 2.45) is 22.6 Å². The molecular weight excluding hydrogens is 160 g/mol. The van der Waals surface area contributed by atoms with Crippen LogP contribution in [0.3, 0.4) is 0 Å². The van der Waals surface area contributed by atoms with Gasteiger partial charge < -0.3 is 5.73 Å². The van der Waals surface area contributed by atoms with Crippen molar-refractivity contribution in [1.82, 2.24) is 0 Å². The van der Waals surface area contributed by atoms with Gasteiger partial charge in [-0.05, 0) is 38.0 Å². The highest BCUT2D eigenvalue weighted by atomic mass is 14.8. The third-order valence-corrected chi connectivity index (χ3v) is 2.83. The van der Waals surface area contributed by atoms with Gasteiger partial charge in [0, 0.05) is 11.9 Å². The maximum Gasteiger partial charge on any atom is 0.0586 e. The highest BCUT2D eigenvalue weighted by Gasteiger charge is 2.21. The second-order valence-electron chi connectivity index (χ2n) is 4.11. The molecular formula is C11H20N2. The van der Waals surface area contributed by atoms with Crippen LogP contribution in [0.15, 0.2) is 16.4 Å². The third-order valence-electron chi connectivity index (χ3n) is 2.83. The molecule has 0 spiro atoms. The lowest BCUT2D eigenvalue weighted by atomic mass is 9.82. The van der Waals surface area contributed by atoms with Crippen molar-refractivity contribution >= 4 is 6.21 Å². The molecule has 1 unspecified atom stereocenters. The maximum atomic E-state index is 5.96. The summed E-state index contributed by atoms with van der Waals surface area (Å²) in [6, 6.07) is 0. The first kappa shape index (κ1) is 10.3. The van der Waals surface area contributed by atoms with Crippen LogP contribution in [0.5, 0.6) is 0 Å². The molecule has 2 heteroatoms. The summed E-state index contributed by atoms with van der Waals surface area (Å²) in [5.41, 5.74) is 8.07. The molecule has 0 saturated heterocycles. The van der Waals surface area contributed by atoms with Crippen LogP contribution in [0.25, 0.3) is 0 Å². The predicted octanol–water partition coefficient (Wildman–Crippen LogP) is 2.70. The Morgan fingerprint density at radius 1 is 1.54 bits per heavy atom. The Balaban J connectivity index is 2.66. The molecule has 2 nitrogen and oxygen atoms in total. The van der Waals surface area contributed by atoms with Crippen LogP contribution in [0, 0.1) is 11.8 Å². The number of aliphatic imine (C=N–C) groups is 1. The van der Waals surface area contributed by atoms with E-state index in [2.05, 4.69) is 18.8 Å². The summed E-state index contributed by atoms with van der Waals surface area (Å²) in [5, 5.41) is 0. The van der Waals surface area contributed by atoms with Crippen molar-refractivity contribution in [3.63, 3.8) is 0 Å². The van der Waals surface area contributed by atoms with Crippen molar-refractivity contribution in [2.75, 3.05) is 0 Å². The van der Waals surface area contributed by atoms with Crippen LogP contribution in [-0.4, -0.2) is 6.21 Å². The molecule has 1 aliphatic carbocycles. The lowest BCUT2D eigenvalue weighted by molar-refractivity contribution is 0.339. The monoisotopic (exact) mass is 180 g/mol. The molecule has 0 bridgehead atoms. The minimum absolute atomic E-state index is 0.741. The fourth-order valence-electron chi connectivity index (χ4n) is 1.86. The number of nitrogens with two attached hydrogens (primary N) is 1. The predicted molar refractivity (Wildman–Crippen MR) is 57.6 cm³/mol. The summed E-state index contributed by atoms with van der Waals surface area (Å²) in [7, 11) is 0. The number of allylic oxidation sites excluding steroid dienone is 2. The van der Waals surface area contributed by atoms with Gasteiger partial charge in [-0.1, -0.05) is 13.8 Å². The molecule has 2 N–H and O–H groups in total. The lowest BCUT2D eigenvalue weighted by Crippen LogP contribution is -2.19. The minimum atomic E-state index is 0.741. The normalized spacial score (nSPS) is 24.8. The standard InChI is InChI=1S/C11H20N2/c1-4-13-11-6-5-9(8(2)3)7-10(11)12/h4,8-9H,5-7,12H2,1-3H3. The van der Waals surface area contributed by atoms with Crippen LogP contribution in [-0.2, 0) is 0 Å². The summed E-state index contributed by atoms with van der Waals surface area (Å²) < 4.78 is 0. The molecule has 1 rings (SSSR count). The van der Waals surface area contributed by atoms with E-state index in [9.17, 15) is 0 Å². The molecule has 13 heavy (non-hydrogen) atoms. The first-order valence-electron chi connectivity index (χ1n) is 5.11. The van der Waals surface area contributed by atoms with Crippen molar-refractivity contribution in [3.8, 4) is 0 Å². The van der Waals surface area contributed by atoms with E-state index in [1.807, 2.05) is 13.1 Å². The van der Waals surface area contributed by atoms with E-state index in [0.29, 0.717) is 0 Å². The van der Waals surface area contributed by atoms with Gasteiger partial charge in [0.15, 0.2) is 0 Å². The zero-order valence-corrected chi connectivity index (χ0v) is 8.88. The van der Waals surface area contributed by atoms with Crippen molar-refractivity contribution in [1.29, 1.82) is 0 Å². The van der Waals surface area contributed by atoms with E-state index in [4.69, 9.17) is 5.73 Å². The Hall–Kier alpha value is -0.790. The molecule has 0 aliphatic heterocycles. The zero-order valence-electron chi connectivity index (χ0n) is 8.88. The average molecular weight is 180 g/mol. The molecule has 0 amide bonds. The maximum absolute atomic E-state index is 5.96. The van der Waals surface area contributed by atoms with Crippen LogP contribution < -0.4 is 5.73 Å². The number of nitrogens with zero attached hydrogens (tertiary/aromatic N) is 1.